The molecule has 1 aromatic rings. The van der Waals surface area contributed by atoms with Crippen LogP contribution in [0.3, 0.4) is 0 Å². The van der Waals surface area contributed by atoms with Crippen molar-refractivity contribution in [3.05, 3.63) is 17.2 Å². The SMILES string of the molecule is COc1c(C=O)cc(C23CC4CC(CC(C4)C2)C3)c(OC)c1OC. The lowest BCUT2D eigenvalue weighted by Crippen LogP contribution is -2.48. The van der Waals surface area contributed by atoms with Crippen molar-refractivity contribution in [1.82, 2.24) is 0 Å². The van der Waals surface area contributed by atoms with Crippen molar-refractivity contribution in [2.24, 2.45) is 17.8 Å². The molecule has 5 rings (SSSR count). The fourth-order valence-electron chi connectivity index (χ4n) is 6.16. The summed E-state index contributed by atoms with van der Waals surface area (Å²) in [5, 5.41) is 0. The van der Waals surface area contributed by atoms with Crippen LogP contribution in [0.2, 0.25) is 0 Å². The van der Waals surface area contributed by atoms with Crippen LogP contribution in [0, 0.1) is 17.8 Å². The highest BCUT2D eigenvalue weighted by atomic mass is 16.5. The van der Waals surface area contributed by atoms with Gasteiger partial charge in [-0.05, 0) is 67.8 Å². The van der Waals surface area contributed by atoms with Gasteiger partial charge in [0, 0.05) is 5.56 Å². The van der Waals surface area contributed by atoms with E-state index in [0.717, 1.165) is 35.4 Å². The fraction of sp³-hybridized carbons (Fsp3) is 0.650. The van der Waals surface area contributed by atoms with E-state index in [9.17, 15) is 4.79 Å². The zero-order valence-electron chi connectivity index (χ0n) is 14.8. The van der Waals surface area contributed by atoms with E-state index >= 15 is 0 Å². The maximum Gasteiger partial charge on any atom is 0.204 e. The lowest BCUT2D eigenvalue weighted by Gasteiger charge is -2.57. The average molecular weight is 330 g/mol. The largest absolute Gasteiger partial charge is 0.492 e. The molecule has 4 aliphatic carbocycles. The average Bonchev–Trinajstić information content (AvgIpc) is 2.58. The Kier molecular flexibility index (Phi) is 3.74. The van der Waals surface area contributed by atoms with Gasteiger partial charge in [0.2, 0.25) is 5.75 Å². The molecule has 0 saturated heterocycles. The van der Waals surface area contributed by atoms with Gasteiger partial charge in [0.25, 0.3) is 0 Å². The monoisotopic (exact) mass is 330 g/mol. The second kappa shape index (κ2) is 5.68. The van der Waals surface area contributed by atoms with Gasteiger partial charge in [0.1, 0.15) is 0 Å². The van der Waals surface area contributed by atoms with E-state index in [1.807, 2.05) is 6.07 Å². The summed E-state index contributed by atoms with van der Waals surface area (Å²) in [6.07, 6.45) is 8.65. The van der Waals surface area contributed by atoms with E-state index < -0.39 is 0 Å². The molecule has 0 spiro atoms. The number of benzene rings is 1. The second-order valence-electron chi connectivity index (χ2n) is 7.93. The highest BCUT2D eigenvalue weighted by Gasteiger charge is 2.53. The van der Waals surface area contributed by atoms with Crippen LogP contribution in [0.1, 0.15) is 54.4 Å². The molecular weight excluding hydrogens is 304 g/mol. The predicted octanol–water partition coefficient (Wildman–Crippen LogP) is 3.99. The van der Waals surface area contributed by atoms with E-state index in [1.165, 1.54) is 38.5 Å². The van der Waals surface area contributed by atoms with Crippen LogP contribution in [0.5, 0.6) is 17.2 Å². The normalized spacial score (nSPS) is 33.4. The van der Waals surface area contributed by atoms with Gasteiger partial charge in [-0.25, -0.2) is 0 Å². The third-order valence-electron chi connectivity index (χ3n) is 6.57. The van der Waals surface area contributed by atoms with Crippen molar-refractivity contribution in [3.8, 4) is 17.2 Å². The Labute approximate surface area is 143 Å². The Morgan fingerprint density at radius 1 is 0.875 bits per heavy atom. The van der Waals surface area contributed by atoms with Crippen molar-refractivity contribution in [2.45, 2.75) is 43.9 Å². The molecule has 4 nitrogen and oxygen atoms in total. The van der Waals surface area contributed by atoms with Gasteiger partial charge in [0.05, 0.1) is 26.9 Å². The molecule has 0 N–H and O–H groups in total. The summed E-state index contributed by atoms with van der Waals surface area (Å²) in [6.45, 7) is 0. The minimum absolute atomic E-state index is 0.136. The number of hydrogen-bond acceptors (Lipinski definition) is 4. The van der Waals surface area contributed by atoms with Gasteiger partial charge in [-0.2, -0.15) is 0 Å². The molecule has 0 unspecified atom stereocenters. The molecule has 0 atom stereocenters. The highest BCUT2D eigenvalue weighted by molar-refractivity contribution is 5.84. The lowest BCUT2D eigenvalue weighted by atomic mass is 9.48. The number of rotatable bonds is 5. The number of aldehydes is 1. The van der Waals surface area contributed by atoms with Crippen LogP contribution in [0.4, 0.5) is 0 Å². The first-order valence-electron chi connectivity index (χ1n) is 8.92. The molecule has 4 saturated carbocycles. The Bertz CT molecular complexity index is 629. The summed E-state index contributed by atoms with van der Waals surface area (Å²) in [7, 11) is 4.86. The van der Waals surface area contributed by atoms with Gasteiger partial charge in [-0.3, -0.25) is 4.79 Å². The number of methoxy groups -OCH3 is 3. The van der Waals surface area contributed by atoms with Gasteiger partial charge >= 0.3 is 0 Å². The summed E-state index contributed by atoms with van der Waals surface area (Å²) in [5.41, 5.74) is 1.85. The molecule has 130 valence electrons. The lowest BCUT2D eigenvalue weighted by molar-refractivity contribution is -0.00633. The second-order valence-corrected chi connectivity index (χ2v) is 7.93. The van der Waals surface area contributed by atoms with Crippen LogP contribution in [0.15, 0.2) is 6.07 Å². The summed E-state index contributed by atoms with van der Waals surface area (Å²) >= 11 is 0. The summed E-state index contributed by atoms with van der Waals surface area (Å²) in [5.74, 6) is 4.26. The molecule has 0 radical (unpaired) electrons. The molecule has 4 bridgehead atoms. The third-order valence-corrected chi connectivity index (χ3v) is 6.57. The first-order chi connectivity index (χ1) is 11.6. The molecule has 4 heteroatoms. The van der Waals surface area contributed by atoms with Crippen molar-refractivity contribution in [3.63, 3.8) is 0 Å². The van der Waals surface area contributed by atoms with Crippen molar-refractivity contribution in [1.29, 1.82) is 0 Å². The van der Waals surface area contributed by atoms with E-state index in [-0.39, 0.29) is 5.41 Å². The number of ether oxygens (including phenoxy) is 3. The standard InChI is InChI=1S/C20H26O4/c1-22-17-15(11-21)7-16(18(23-2)19(17)24-3)20-8-12-4-13(9-20)6-14(5-12)10-20/h7,11-14H,4-6,8-10H2,1-3H3. The molecule has 1 aromatic carbocycles. The van der Waals surface area contributed by atoms with Crippen molar-refractivity contribution >= 4 is 6.29 Å². The Hall–Kier alpha value is -1.71. The van der Waals surface area contributed by atoms with Crippen LogP contribution in [-0.4, -0.2) is 27.6 Å². The molecule has 24 heavy (non-hydrogen) atoms. The molecule has 0 aromatic heterocycles. The molecule has 0 heterocycles. The fourth-order valence-corrected chi connectivity index (χ4v) is 6.16. The molecule has 4 aliphatic rings. The quantitative estimate of drug-likeness (QED) is 0.766. The van der Waals surface area contributed by atoms with Crippen LogP contribution in [-0.2, 0) is 5.41 Å². The number of carbonyl (C=O) groups is 1. The molecular formula is C20H26O4. The van der Waals surface area contributed by atoms with E-state index in [1.54, 1.807) is 21.3 Å². The first kappa shape index (κ1) is 15.8. The van der Waals surface area contributed by atoms with E-state index in [2.05, 4.69) is 0 Å². The maximum absolute atomic E-state index is 11.7. The van der Waals surface area contributed by atoms with Crippen molar-refractivity contribution < 1.29 is 19.0 Å². The van der Waals surface area contributed by atoms with Crippen LogP contribution >= 0.6 is 0 Å². The topological polar surface area (TPSA) is 44.8 Å². The number of carbonyl (C=O) groups excluding carboxylic acids is 1. The van der Waals surface area contributed by atoms with Gasteiger partial charge < -0.3 is 14.2 Å². The smallest absolute Gasteiger partial charge is 0.204 e. The Morgan fingerprint density at radius 3 is 1.79 bits per heavy atom. The Balaban J connectivity index is 1.90. The summed E-state index contributed by atoms with van der Waals surface area (Å²) < 4.78 is 16.8. The minimum Gasteiger partial charge on any atom is -0.492 e. The van der Waals surface area contributed by atoms with E-state index in [4.69, 9.17) is 14.2 Å². The van der Waals surface area contributed by atoms with Crippen molar-refractivity contribution in [2.75, 3.05) is 21.3 Å². The zero-order valence-corrected chi connectivity index (χ0v) is 14.8. The predicted molar refractivity (Wildman–Crippen MR) is 91.3 cm³/mol. The van der Waals surface area contributed by atoms with Gasteiger partial charge in [0.15, 0.2) is 17.8 Å². The first-order valence-corrected chi connectivity index (χ1v) is 8.92. The molecule has 4 fully saturated rings. The van der Waals surface area contributed by atoms with Crippen LogP contribution < -0.4 is 14.2 Å². The minimum atomic E-state index is 0.136. The highest BCUT2D eigenvalue weighted by Crippen LogP contribution is 2.63. The zero-order chi connectivity index (χ0) is 16.9. The molecule has 0 amide bonds. The third kappa shape index (κ3) is 2.15. The summed E-state index contributed by atoms with van der Waals surface area (Å²) in [4.78, 5) is 11.7. The van der Waals surface area contributed by atoms with Crippen LogP contribution in [0.25, 0.3) is 0 Å². The van der Waals surface area contributed by atoms with E-state index in [0.29, 0.717) is 17.1 Å². The van der Waals surface area contributed by atoms with Gasteiger partial charge in [-0.15, -0.1) is 0 Å². The maximum atomic E-state index is 11.7. The molecule has 0 aliphatic heterocycles. The number of hydrogen-bond donors (Lipinski definition) is 0. The Morgan fingerprint density at radius 2 is 1.38 bits per heavy atom. The van der Waals surface area contributed by atoms with Gasteiger partial charge in [-0.1, -0.05) is 0 Å². The summed E-state index contributed by atoms with van der Waals surface area (Å²) in [6, 6.07) is 2.00.